The zero-order valence-corrected chi connectivity index (χ0v) is 17.7. The van der Waals surface area contributed by atoms with E-state index in [4.69, 9.17) is 11.6 Å². The lowest BCUT2D eigenvalue weighted by Gasteiger charge is -2.22. The molecule has 3 heterocycles. The maximum atomic E-state index is 14.7. The molecule has 5 rings (SSSR count). The van der Waals surface area contributed by atoms with E-state index >= 15 is 0 Å². The van der Waals surface area contributed by atoms with Crippen LogP contribution in [0.1, 0.15) is 18.7 Å². The molecule has 32 heavy (non-hydrogen) atoms. The summed E-state index contributed by atoms with van der Waals surface area (Å²) in [7, 11) is 0. The van der Waals surface area contributed by atoms with E-state index in [2.05, 4.69) is 20.3 Å². The molecular formula is C24H17ClFN5O. The van der Waals surface area contributed by atoms with E-state index in [0.29, 0.717) is 28.2 Å². The molecule has 0 aliphatic heterocycles. The van der Waals surface area contributed by atoms with Crippen LogP contribution in [0.3, 0.4) is 0 Å². The molecule has 0 aliphatic carbocycles. The van der Waals surface area contributed by atoms with Crippen LogP contribution in [-0.4, -0.2) is 19.5 Å². The van der Waals surface area contributed by atoms with Gasteiger partial charge in [-0.05, 0) is 49.4 Å². The highest BCUT2D eigenvalue weighted by molar-refractivity contribution is 6.35. The third-order valence-electron chi connectivity index (χ3n) is 5.31. The van der Waals surface area contributed by atoms with Crippen LogP contribution < -0.4 is 10.9 Å². The Morgan fingerprint density at radius 1 is 1.03 bits per heavy atom. The molecule has 3 aromatic heterocycles. The van der Waals surface area contributed by atoms with Crippen molar-refractivity contribution in [2.24, 2.45) is 0 Å². The van der Waals surface area contributed by atoms with E-state index in [1.165, 1.54) is 18.5 Å². The number of halogens is 2. The van der Waals surface area contributed by atoms with Crippen LogP contribution in [0.5, 0.6) is 0 Å². The first-order valence-electron chi connectivity index (χ1n) is 9.96. The van der Waals surface area contributed by atoms with Crippen molar-refractivity contribution < 1.29 is 4.39 Å². The number of hydrogen-bond donors (Lipinski definition) is 1. The van der Waals surface area contributed by atoms with Crippen LogP contribution in [0.25, 0.3) is 27.5 Å². The number of benzene rings is 2. The quantitative estimate of drug-likeness (QED) is 0.406. The largest absolute Gasteiger partial charge is 0.360 e. The SMILES string of the molecule is CC(Nc1ncnc2cccnc12)c1cc2c(F)ccc(Cl)c2c(=O)n1-c1ccccc1. The monoisotopic (exact) mass is 445 g/mol. The molecule has 0 aliphatic rings. The van der Waals surface area contributed by atoms with E-state index in [9.17, 15) is 9.18 Å². The van der Waals surface area contributed by atoms with Crippen molar-refractivity contribution in [3.63, 3.8) is 0 Å². The van der Waals surface area contributed by atoms with Crippen molar-refractivity contribution in [1.82, 2.24) is 19.5 Å². The zero-order chi connectivity index (χ0) is 22.2. The van der Waals surface area contributed by atoms with Gasteiger partial charge in [-0.25, -0.2) is 14.4 Å². The van der Waals surface area contributed by atoms with Gasteiger partial charge in [0.25, 0.3) is 5.56 Å². The number of nitrogens with one attached hydrogen (secondary N) is 1. The maximum Gasteiger partial charge on any atom is 0.264 e. The third kappa shape index (κ3) is 3.36. The zero-order valence-electron chi connectivity index (χ0n) is 17.0. The second-order valence-electron chi connectivity index (χ2n) is 7.32. The fourth-order valence-electron chi connectivity index (χ4n) is 3.81. The van der Waals surface area contributed by atoms with E-state index < -0.39 is 17.4 Å². The maximum absolute atomic E-state index is 14.7. The second-order valence-corrected chi connectivity index (χ2v) is 7.73. The molecule has 6 nitrogen and oxygen atoms in total. The predicted octanol–water partition coefficient (Wildman–Crippen LogP) is 5.29. The average molecular weight is 446 g/mol. The van der Waals surface area contributed by atoms with Gasteiger partial charge in [-0.1, -0.05) is 29.8 Å². The van der Waals surface area contributed by atoms with Crippen LogP contribution in [0.4, 0.5) is 10.2 Å². The predicted molar refractivity (Wildman–Crippen MR) is 124 cm³/mol. The second kappa shape index (κ2) is 8.01. The van der Waals surface area contributed by atoms with Crippen molar-refractivity contribution >= 4 is 39.2 Å². The van der Waals surface area contributed by atoms with Gasteiger partial charge in [0.15, 0.2) is 5.82 Å². The summed E-state index contributed by atoms with van der Waals surface area (Å²) in [5, 5.41) is 3.82. The Hall–Kier alpha value is -3.84. The van der Waals surface area contributed by atoms with Crippen LogP contribution >= 0.6 is 11.6 Å². The molecule has 1 unspecified atom stereocenters. The molecule has 8 heteroatoms. The van der Waals surface area contributed by atoms with E-state index in [-0.39, 0.29) is 15.8 Å². The fraction of sp³-hybridized carbons (Fsp3) is 0.0833. The van der Waals surface area contributed by atoms with E-state index in [1.54, 1.807) is 22.9 Å². The molecule has 5 aromatic rings. The first-order valence-corrected chi connectivity index (χ1v) is 10.3. The molecule has 0 radical (unpaired) electrons. The highest BCUT2D eigenvalue weighted by Crippen LogP contribution is 2.29. The molecule has 1 N–H and O–H groups in total. The Labute approximate surface area is 187 Å². The van der Waals surface area contributed by atoms with Crippen LogP contribution in [0.15, 0.2) is 78.0 Å². The molecule has 158 valence electrons. The Morgan fingerprint density at radius 3 is 2.66 bits per heavy atom. The van der Waals surface area contributed by atoms with Crippen molar-refractivity contribution in [1.29, 1.82) is 0 Å². The van der Waals surface area contributed by atoms with Gasteiger partial charge in [-0.3, -0.25) is 14.3 Å². The number of aromatic nitrogens is 4. The molecule has 2 aromatic carbocycles. The van der Waals surface area contributed by atoms with E-state index in [0.717, 1.165) is 0 Å². The lowest BCUT2D eigenvalue weighted by molar-refractivity contribution is 0.638. The highest BCUT2D eigenvalue weighted by atomic mass is 35.5. The minimum absolute atomic E-state index is 0.139. The van der Waals surface area contributed by atoms with Crippen molar-refractivity contribution in [2.45, 2.75) is 13.0 Å². The summed E-state index contributed by atoms with van der Waals surface area (Å²) < 4.78 is 16.2. The fourth-order valence-corrected chi connectivity index (χ4v) is 4.05. The summed E-state index contributed by atoms with van der Waals surface area (Å²) in [4.78, 5) is 26.5. The van der Waals surface area contributed by atoms with Gasteiger partial charge in [-0.2, -0.15) is 0 Å². The Bertz CT molecular complexity index is 1520. The molecule has 0 fully saturated rings. The van der Waals surface area contributed by atoms with Crippen LogP contribution in [-0.2, 0) is 0 Å². The molecule has 0 saturated heterocycles. The smallest absolute Gasteiger partial charge is 0.264 e. The molecule has 0 spiro atoms. The molecule has 0 amide bonds. The number of rotatable bonds is 4. The number of para-hydroxylation sites is 1. The number of anilines is 1. The van der Waals surface area contributed by atoms with E-state index in [1.807, 2.05) is 43.3 Å². The normalized spacial score (nSPS) is 12.2. The summed E-state index contributed by atoms with van der Waals surface area (Å²) in [5.74, 6) is 0.00568. The summed E-state index contributed by atoms with van der Waals surface area (Å²) in [6.07, 6.45) is 3.11. The summed E-state index contributed by atoms with van der Waals surface area (Å²) >= 11 is 6.30. The van der Waals surface area contributed by atoms with Gasteiger partial charge in [0.1, 0.15) is 17.7 Å². The first-order chi connectivity index (χ1) is 15.5. The lowest BCUT2D eigenvalue weighted by atomic mass is 10.1. The first kappa shape index (κ1) is 20.1. The Balaban J connectivity index is 1.73. The standard InChI is InChI=1S/C24H17ClFN5O/c1-14(30-23-22-19(28-13-29-23)8-5-11-27-22)20-12-16-18(26)10-9-17(25)21(16)24(32)31(20)15-6-3-2-4-7-15/h2-14H,1H3,(H,28,29,30). The van der Waals surface area contributed by atoms with Gasteiger partial charge in [0.05, 0.1) is 22.0 Å². The minimum atomic E-state index is -0.510. The number of nitrogens with zero attached hydrogens (tertiary/aromatic N) is 4. The summed E-state index contributed by atoms with van der Waals surface area (Å²) in [5.41, 5.74) is 2.10. The molecular weight excluding hydrogens is 429 g/mol. The summed E-state index contributed by atoms with van der Waals surface area (Å²) in [6, 6.07) is 16.7. The Morgan fingerprint density at radius 2 is 1.84 bits per heavy atom. The van der Waals surface area contributed by atoms with Crippen LogP contribution in [0, 0.1) is 5.82 Å². The van der Waals surface area contributed by atoms with Crippen molar-refractivity contribution in [2.75, 3.05) is 5.32 Å². The molecule has 1 atom stereocenters. The summed E-state index contributed by atoms with van der Waals surface area (Å²) in [6.45, 7) is 1.87. The minimum Gasteiger partial charge on any atom is -0.360 e. The number of hydrogen-bond acceptors (Lipinski definition) is 5. The lowest BCUT2D eigenvalue weighted by Crippen LogP contribution is -2.26. The van der Waals surface area contributed by atoms with Gasteiger partial charge in [0, 0.05) is 23.0 Å². The van der Waals surface area contributed by atoms with Gasteiger partial charge in [0.2, 0.25) is 0 Å². The average Bonchev–Trinajstić information content (AvgIpc) is 2.82. The molecule has 0 saturated carbocycles. The molecule has 0 bridgehead atoms. The van der Waals surface area contributed by atoms with Crippen LogP contribution in [0.2, 0.25) is 5.02 Å². The number of pyridine rings is 2. The third-order valence-corrected chi connectivity index (χ3v) is 5.63. The van der Waals surface area contributed by atoms with Crippen molar-refractivity contribution in [3.8, 4) is 5.69 Å². The van der Waals surface area contributed by atoms with Gasteiger partial charge >= 0.3 is 0 Å². The van der Waals surface area contributed by atoms with Crippen molar-refractivity contribution in [3.05, 3.63) is 100 Å². The van der Waals surface area contributed by atoms with Gasteiger partial charge < -0.3 is 5.32 Å². The topological polar surface area (TPSA) is 72.7 Å². The Kier molecular flexibility index (Phi) is 5.03. The number of fused-ring (bicyclic) bond motifs is 2. The van der Waals surface area contributed by atoms with Gasteiger partial charge in [-0.15, -0.1) is 0 Å². The highest BCUT2D eigenvalue weighted by Gasteiger charge is 2.20.